The largest absolute Gasteiger partial charge is 0.356 e. The van der Waals surface area contributed by atoms with Crippen LogP contribution in [-0.2, 0) is 0 Å². The molecule has 1 atom stereocenters. The van der Waals surface area contributed by atoms with Crippen LogP contribution in [0.15, 0.2) is 84.9 Å². The van der Waals surface area contributed by atoms with Crippen molar-refractivity contribution in [1.82, 2.24) is 9.80 Å². The lowest BCUT2D eigenvalue weighted by Crippen LogP contribution is -2.48. The van der Waals surface area contributed by atoms with Crippen molar-refractivity contribution in [2.45, 2.75) is 18.8 Å². The maximum atomic E-state index is 10.4. The summed E-state index contributed by atoms with van der Waals surface area (Å²) in [5.41, 5.74) is 4.84. The van der Waals surface area contributed by atoms with E-state index in [1.165, 1.54) is 11.1 Å². The first kappa shape index (κ1) is 21.0. The fraction of sp³-hybridized carbons (Fsp3) is 0.333. The first-order valence-corrected chi connectivity index (χ1v) is 11.7. The van der Waals surface area contributed by atoms with Gasteiger partial charge in [0.15, 0.2) is 0 Å². The molecule has 5 rings (SSSR count). The van der Waals surface area contributed by atoms with E-state index in [1.54, 1.807) is 0 Å². The quantitative estimate of drug-likeness (QED) is 0.596. The molecule has 0 radical (unpaired) electrons. The first-order valence-electron chi connectivity index (χ1n) is 11.7. The lowest BCUT2D eigenvalue weighted by atomic mass is 9.96. The van der Waals surface area contributed by atoms with Crippen LogP contribution in [0.3, 0.4) is 0 Å². The van der Waals surface area contributed by atoms with Gasteiger partial charge in [-0.3, -0.25) is 4.90 Å². The van der Waals surface area contributed by atoms with E-state index in [2.05, 4.69) is 86.7 Å². The molecule has 2 heterocycles. The van der Waals surface area contributed by atoms with Crippen LogP contribution in [-0.4, -0.2) is 60.5 Å². The number of nitrogens with one attached hydrogen (secondary N) is 1. The van der Waals surface area contributed by atoms with Crippen LogP contribution in [0.2, 0.25) is 0 Å². The van der Waals surface area contributed by atoms with E-state index in [9.17, 15) is 5.11 Å². The van der Waals surface area contributed by atoms with Gasteiger partial charge < -0.3 is 20.2 Å². The number of hydrogen-bond acceptors (Lipinski definition) is 5. The number of rotatable bonds is 7. The van der Waals surface area contributed by atoms with E-state index in [-0.39, 0.29) is 0 Å². The van der Waals surface area contributed by atoms with E-state index in [0.717, 1.165) is 57.1 Å². The van der Waals surface area contributed by atoms with Gasteiger partial charge in [0.2, 0.25) is 6.35 Å². The van der Waals surface area contributed by atoms with Crippen LogP contribution in [0.5, 0.6) is 0 Å². The second kappa shape index (κ2) is 9.74. The van der Waals surface area contributed by atoms with Crippen LogP contribution in [0.25, 0.3) is 0 Å². The standard InChI is InChI=1S/C27H32N4O/c32-27-28-24-14-7-8-15-25(24)31(27)17-9-16-29-18-20-30(21-19-29)26(22-10-3-1-4-11-22)23-12-5-2-6-13-23/h1-8,10-15,26-28,32H,9,16-21H2. The Morgan fingerprint density at radius 2 is 1.34 bits per heavy atom. The molecule has 0 aliphatic carbocycles. The highest BCUT2D eigenvalue weighted by Gasteiger charge is 2.28. The Bertz CT molecular complexity index is 949. The van der Waals surface area contributed by atoms with Crippen molar-refractivity contribution >= 4 is 11.4 Å². The van der Waals surface area contributed by atoms with Gasteiger partial charge in [-0.05, 0) is 36.2 Å². The Morgan fingerprint density at radius 1 is 0.750 bits per heavy atom. The average Bonchev–Trinajstić information content (AvgIpc) is 3.17. The van der Waals surface area contributed by atoms with Crippen LogP contribution >= 0.6 is 0 Å². The summed E-state index contributed by atoms with van der Waals surface area (Å²) in [6, 6.07) is 30.2. The third kappa shape index (κ3) is 4.51. The summed E-state index contributed by atoms with van der Waals surface area (Å²) in [4.78, 5) is 7.24. The van der Waals surface area contributed by atoms with Crippen LogP contribution in [0.1, 0.15) is 23.6 Å². The van der Waals surface area contributed by atoms with E-state index < -0.39 is 6.35 Å². The minimum absolute atomic E-state index is 0.307. The van der Waals surface area contributed by atoms with Crippen molar-refractivity contribution in [3.05, 3.63) is 96.1 Å². The van der Waals surface area contributed by atoms with Gasteiger partial charge in [-0.1, -0.05) is 72.8 Å². The van der Waals surface area contributed by atoms with Gasteiger partial charge in [-0.2, -0.15) is 0 Å². The highest BCUT2D eigenvalue weighted by molar-refractivity contribution is 5.75. The molecule has 5 heteroatoms. The normalized spacial score (nSPS) is 19.2. The third-order valence-electron chi connectivity index (χ3n) is 6.67. The molecule has 2 N–H and O–H groups in total. The Morgan fingerprint density at radius 3 is 2.00 bits per heavy atom. The SMILES string of the molecule is OC1Nc2ccccc2N1CCCN1CCN(C(c2ccccc2)c2ccccc2)CC1. The summed E-state index contributed by atoms with van der Waals surface area (Å²) in [7, 11) is 0. The topological polar surface area (TPSA) is 42.0 Å². The molecule has 2 aliphatic rings. The number of nitrogens with zero attached hydrogens (tertiary/aromatic N) is 3. The predicted molar refractivity (Wildman–Crippen MR) is 131 cm³/mol. The molecule has 1 fully saturated rings. The zero-order chi connectivity index (χ0) is 21.8. The molecule has 3 aromatic rings. The number of piperazine rings is 1. The molecule has 0 bridgehead atoms. The van der Waals surface area contributed by atoms with Gasteiger partial charge in [0.1, 0.15) is 0 Å². The molecule has 0 saturated carbocycles. The van der Waals surface area contributed by atoms with Crippen LogP contribution < -0.4 is 10.2 Å². The zero-order valence-electron chi connectivity index (χ0n) is 18.5. The Labute approximate surface area is 190 Å². The smallest absolute Gasteiger partial charge is 0.205 e. The van der Waals surface area contributed by atoms with Gasteiger partial charge in [0.25, 0.3) is 0 Å². The molecule has 1 saturated heterocycles. The number of aliphatic hydroxyl groups is 1. The summed E-state index contributed by atoms with van der Waals surface area (Å²) in [5, 5.41) is 13.5. The maximum Gasteiger partial charge on any atom is 0.205 e. The second-order valence-corrected chi connectivity index (χ2v) is 8.68. The monoisotopic (exact) mass is 428 g/mol. The first-order chi connectivity index (χ1) is 15.8. The summed E-state index contributed by atoms with van der Waals surface area (Å²) >= 11 is 0. The second-order valence-electron chi connectivity index (χ2n) is 8.68. The minimum atomic E-state index is -0.623. The molecule has 2 aliphatic heterocycles. The summed E-state index contributed by atoms with van der Waals surface area (Å²) < 4.78 is 0. The molecular weight excluding hydrogens is 396 g/mol. The molecule has 3 aromatic carbocycles. The van der Waals surface area contributed by atoms with Crippen molar-refractivity contribution in [2.24, 2.45) is 0 Å². The van der Waals surface area contributed by atoms with E-state index in [0.29, 0.717) is 6.04 Å². The lowest BCUT2D eigenvalue weighted by molar-refractivity contribution is 0.108. The van der Waals surface area contributed by atoms with Crippen molar-refractivity contribution in [3.63, 3.8) is 0 Å². The third-order valence-corrected chi connectivity index (χ3v) is 6.67. The number of anilines is 2. The molecule has 0 aromatic heterocycles. The van der Waals surface area contributed by atoms with Gasteiger partial charge in [-0.25, -0.2) is 0 Å². The van der Waals surface area contributed by atoms with Crippen molar-refractivity contribution in [3.8, 4) is 0 Å². The van der Waals surface area contributed by atoms with Gasteiger partial charge >= 0.3 is 0 Å². The minimum Gasteiger partial charge on any atom is -0.356 e. The highest BCUT2D eigenvalue weighted by atomic mass is 16.3. The molecule has 1 unspecified atom stereocenters. The van der Waals surface area contributed by atoms with Crippen molar-refractivity contribution in [2.75, 3.05) is 49.5 Å². The van der Waals surface area contributed by atoms with Crippen LogP contribution in [0.4, 0.5) is 11.4 Å². The molecule has 0 amide bonds. The maximum absolute atomic E-state index is 10.4. The number of hydrogen-bond donors (Lipinski definition) is 2. The fourth-order valence-corrected chi connectivity index (χ4v) is 5.03. The number of para-hydroxylation sites is 2. The van der Waals surface area contributed by atoms with E-state index >= 15 is 0 Å². The Kier molecular flexibility index (Phi) is 6.39. The van der Waals surface area contributed by atoms with Crippen molar-refractivity contribution in [1.29, 1.82) is 0 Å². The summed E-state index contributed by atoms with van der Waals surface area (Å²) in [6.45, 7) is 6.18. The van der Waals surface area contributed by atoms with Gasteiger partial charge in [-0.15, -0.1) is 0 Å². The predicted octanol–water partition coefficient (Wildman–Crippen LogP) is 3.99. The van der Waals surface area contributed by atoms with Crippen molar-refractivity contribution < 1.29 is 5.11 Å². The number of fused-ring (bicyclic) bond motifs is 1. The molecular formula is C27H32N4O. The highest BCUT2D eigenvalue weighted by Crippen LogP contribution is 2.33. The van der Waals surface area contributed by atoms with Gasteiger partial charge in [0, 0.05) is 32.7 Å². The van der Waals surface area contributed by atoms with Gasteiger partial charge in [0.05, 0.1) is 17.4 Å². The zero-order valence-corrected chi connectivity index (χ0v) is 18.5. The summed E-state index contributed by atoms with van der Waals surface area (Å²) in [5.74, 6) is 0. The fourth-order valence-electron chi connectivity index (χ4n) is 5.03. The molecule has 5 nitrogen and oxygen atoms in total. The number of aliphatic hydroxyl groups excluding tert-OH is 1. The summed E-state index contributed by atoms with van der Waals surface area (Å²) in [6.07, 6.45) is 0.412. The molecule has 0 spiro atoms. The molecule has 166 valence electrons. The van der Waals surface area contributed by atoms with Crippen LogP contribution in [0, 0.1) is 0 Å². The number of benzene rings is 3. The van der Waals surface area contributed by atoms with E-state index in [1.807, 2.05) is 18.2 Å². The van der Waals surface area contributed by atoms with E-state index in [4.69, 9.17) is 0 Å². The molecule has 32 heavy (non-hydrogen) atoms. The lowest BCUT2D eigenvalue weighted by Gasteiger charge is -2.40. The Balaban J connectivity index is 1.17. The average molecular weight is 429 g/mol. The Hall–Kier alpha value is -2.86.